The Morgan fingerprint density at radius 3 is 1.98 bits per heavy atom. The molecule has 2 aromatic rings. The lowest BCUT2D eigenvalue weighted by atomic mass is 9.99. The molecule has 0 heterocycles. The molecule has 2 aromatic carbocycles. The van der Waals surface area contributed by atoms with Gasteiger partial charge in [0.25, 0.3) is 0 Å². The van der Waals surface area contributed by atoms with Crippen molar-refractivity contribution in [2.45, 2.75) is 116 Å². The van der Waals surface area contributed by atoms with Crippen LogP contribution in [0.4, 0.5) is 4.79 Å². The summed E-state index contributed by atoms with van der Waals surface area (Å²) in [5, 5.41) is 15.4. The molecule has 12 heteroatoms. The standard InChI is InChI=1S/C36H52N4O8/c1-8-9-13-22-40(32(44)27(20-21-29(37)42)39-34(46)48-36(5,6)7)30(25-16-18-26(41)19-17-25)31(43)38-28(33(45)47-35(2,3)4)23-24-14-11-10-12-15-24/h10-12,14-19,27-28,30,41H,8-9,13,20-23H2,1-7H3,(H2,37,42)(H,38,43)(H,39,46). The summed E-state index contributed by atoms with van der Waals surface area (Å²) in [6, 6.07) is 11.3. The minimum absolute atomic E-state index is 0.0524. The van der Waals surface area contributed by atoms with Crippen LogP contribution in [-0.4, -0.2) is 69.6 Å². The second-order valence-corrected chi connectivity index (χ2v) is 13.7. The van der Waals surface area contributed by atoms with Crippen molar-refractivity contribution in [2.24, 2.45) is 5.73 Å². The van der Waals surface area contributed by atoms with Gasteiger partial charge in [0, 0.05) is 19.4 Å². The zero-order valence-electron chi connectivity index (χ0n) is 29.2. The van der Waals surface area contributed by atoms with Crippen molar-refractivity contribution in [3.8, 4) is 5.75 Å². The lowest BCUT2D eigenvalue weighted by Crippen LogP contribution is -2.55. The summed E-state index contributed by atoms with van der Waals surface area (Å²) in [7, 11) is 0. The van der Waals surface area contributed by atoms with Crippen LogP contribution in [0.25, 0.3) is 0 Å². The molecule has 0 spiro atoms. The first kappa shape index (κ1) is 39.6. The number of carbonyl (C=O) groups is 5. The van der Waals surface area contributed by atoms with Crippen LogP contribution in [0.3, 0.4) is 0 Å². The van der Waals surface area contributed by atoms with Crippen molar-refractivity contribution in [1.29, 1.82) is 0 Å². The fourth-order valence-corrected chi connectivity index (χ4v) is 4.89. The van der Waals surface area contributed by atoms with E-state index in [1.807, 2.05) is 37.3 Å². The topological polar surface area (TPSA) is 177 Å². The molecule has 0 radical (unpaired) electrons. The van der Waals surface area contributed by atoms with Gasteiger partial charge in [-0.05, 0) is 77.6 Å². The van der Waals surface area contributed by atoms with E-state index in [1.165, 1.54) is 29.2 Å². The van der Waals surface area contributed by atoms with Crippen molar-refractivity contribution < 1.29 is 38.6 Å². The first-order chi connectivity index (χ1) is 22.4. The Morgan fingerprint density at radius 2 is 1.44 bits per heavy atom. The van der Waals surface area contributed by atoms with E-state index < -0.39 is 59.1 Å². The highest BCUT2D eigenvalue weighted by atomic mass is 16.6. The minimum Gasteiger partial charge on any atom is -0.508 e. The Kier molecular flexibility index (Phi) is 14.9. The van der Waals surface area contributed by atoms with Crippen LogP contribution in [0.2, 0.25) is 0 Å². The molecule has 0 fully saturated rings. The van der Waals surface area contributed by atoms with Crippen molar-refractivity contribution in [1.82, 2.24) is 15.5 Å². The maximum Gasteiger partial charge on any atom is 0.408 e. The van der Waals surface area contributed by atoms with Crippen molar-refractivity contribution in [3.05, 3.63) is 65.7 Å². The quantitative estimate of drug-likeness (QED) is 0.147. The van der Waals surface area contributed by atoms with Gasteiger partial charge in [0.15, 0.2) is 0 Å². The fraction of sp³-hybridized carbons (Fsp3) is 0.528. The summed E-state index contributed by atoms with van der Waals surface area (Å²) in [5.74, 6) is -2.71. The first-order valence-corrected chi connectivity index (χ1v) is 16.3. The predicted molar refractivity (Wildman–Crippen MR) is 182 cm³/mol. The molecule has 0 saturated heterocycles. The van der Waals surface area contributed by atoms with E-state index >= 15 is 0 Å². The molecule has 0 bridgehead atoms. The lowest BCUT2D eigenvalue weighted by Gasteiger charge is -2.35. The molecule has 48 heavy (non-hydrogen) atoms. The van der Waals surface area contributed by atoms with Gasteiger partial charge in [-0.25, -0.2) is 9.59 Å². The van der Waals surface area contributed by atoms with Crippen LogP contribution in [-0.2, 0) is 35.1 Å². The number of benzene rings is 2. The highest BCUT2D eigenvalue weighted by molar-refractivity contribution is 5.94. The number of alkyl carbamates (subject to hydrolysis) is 1. The van der Waals surface area contributed by atoms with Crippen molar-refractivity contribution in [3.63, 3.8) is 0 Å². The Labute approximate surface area is 283 Å². The molecule has 0 aliphatic carbocycles. The third-order valence-corrected chi connectivity index (χ3v) is 7.01. The van der Waals surface area contributed by atoms with E-state index in [0.29, 0.717) is 12.0 Å². The number of ether oxygens (including phenoxy) is 2. The summed E-state index contributed by atoms with van der Waals surface area (Å²) in [4.78, 5) is 68.2. The molecule has 0 saturated carbocycles. The number of nitrogens with zero attached hydrogens (tertiary/aromatic N) is 1. The second kappa shape index (κ2) is 18.1. The van der Waals surface area contributed by atoms with Crippen LogP contribution >= 0.6 is 0 Å². The molecule has 3 atom stereocenters. The zero-order valence-corrected chi connectivity index (χ0v) is 29.2. The number of esters is 1. The van der Waals surface area contributed by atoms with Crippen molar-refractivity contribution >= 4 is 29.8 Å². The molecule has 0 aromatic heterocycles. The van der Waals surface area contributed by atoms with Crippen LogP contribution in [0.5, 0.6) is 5.75 Å². The number of hydrogen-bond donors (Lipinski definition) is 4. The Bertz CT molecular complexity index is 1370. The number of primary amides is 1. The van der Waals surface area contributed by atoms with Gasteiger partial charge in [-0.1, -0.05) is 62.2 Å². The van der Waals surface area contributed by atoms with E-state index in [4.69, 9.17) is 15.2 Å². The minimum atomic E-state index is -1.30. The number of amides is 4. The largest absolute Gasteiger partial charge is 0.508 e. The Hall–Kier alpha value is -4.61. The van der Waals surface area contributed by atoms with Gasteiger partial charge in [0.2, 0.25) is 17.7 Å². The maximum absolute atomic E-state index is 14.4. The molecule has 2 rings (SSSR count). The van der Waals surface area contributed by atoms with Crippen LogP contribution in [0.15, 0.2) is 54.6 Å². The third kappa shape index (κ3) is 14.0. The normalized spacial score (nSPS) is 13.4. The van der Waals surface area contributed by atoms with E-state index in [1.54, 1.807) is 41.5 Å². The summed E-state index contributed by atoms with van der Waals surface area (Å²) < 4.78 is 11.1. The SMILES string of the molecule is CCCCCN(C(=O)C(CCC(N)=O)NC(=O)OC(C)(C)C)C(C(=O)NC(Cc1ccccc1)C(=O)OC(C)(C)C)c1ccc(O)cc1. The van der Waals surface area contributed by atoms with Crippen LogP contribution in [0, 0.1) is 0 Å². The van der Waals surface area contributed by atoms with E-state index in [9.17, 15) is 29.1 Å². The smallest absolute Gasteiger partial charge is 0.408 e. The maximum atomic E-state index is 14.4. The number of unbranched alkanes of at least 4 members (excludes halogenated alkanes) is 2. The van der Waals surface area contributed by atoms with Crippen LogP contribution < -0.4 is 16.4 Å². The van der Waals surface area contributed by atoms with Gasteiger partial charge < -0.3 is 35.8 Å². The van der Waals surface area contributed by atoms with E-state index in [-0.39, 0.29) is 31.6 Å². The monoisotopic (exact) mass is 668 g/mol. The molecule has 12 nitrogen and oxygen atoms in total. The predicted octanol–water partition coefficient (Wildman–Crippen LogP) is 4.68. The number of hydrogen-bond acceptors (Lipinski definition) is 8. The summed E-state index contributed by atoms with van der Waals surface area (Å²) in [6.45, 7) is 12.3. The van der Waals surface area contributed by atoms with Crippen LogP contribution in [0.1, 0.15) is 97.7 Å². The molecular formula is C36H52N4O8. The molecule has 264 valence electrons. The second-order valence-electron chi connectivity index (χ2n) is 13.7. The number of nitrogens with one attached hydrogen (secondary N) is 2. The van der Waals surface area contributed by atoms with Gasteiger partial charge >= 0.3 is 12.1 Å². The molecule has 0 aliphatic rings. The zero-order chi connectivity index (χ0) is 36.1. The number of aromatic hydroxyl groups is 1. The number of nitrogens with two attached hydrogens (primary N) is 1. The lowest BCUT2D eigenvalue weighted by molar-refractivity contribution is -0.159. The van der Waals surface area contributed by atoms with Gasteiger partial charge in [-0.3, -0.25) is 14.4 Å². The third-order valence-electron chi connectivity index (χ3n) is 7.01. The number of carbonyl (C=O) groups excluding carboxylic acids is 5. The highest BCUT2D eigenvalue weighted by Crippen LogP contribution is 2.27. The molecule has 4 amide bonds. The summed E-state index contributed by atoms with van der Waals surface area (Å²) in [6.07, 6.45) is 0.939. The van der Waals surface area contributed by atoms with Gasteiger partial charge in [-0.2, -0.15) is 0 Å². The first-order valence-electron chi connectivity index (χ1n) is 16.3. The molecular weight excluding hydrogens is 616 g/mol. The van der Waals surface area contributed by atoms with Crippen molar-refractivity contribution in [2.75, 3.05) is 6.54 Å². The van der Waals surface area contributed by atoms with Gasteiger partial charge in [0.05, 0.1) is 0 Å². The highest BCUT2D eigenvalue weighted by Gasteiger charge is 2.38. The number of phenols is 1. The molecule has 5 N–H and O–H groups in total. The molecule has 0 aliphatic heterocycles. The fourth-order valence-electron chi connectivity index (χ4n) is 4.89. The summed E-state index contributed by atoms with van der Waals surface area (Å²) in [5.41, 5.74) is 4.83. The Balaban J connectivity index is 2.63. The summed E-state index contributed by atoms with van der Waals surface area (Å²) >= 11 is 0. The van der Waals surface area contributed by atoms with Gasteiger partial charge in [-0.15, -0.1) is 0 Å². The average Bonchev–Trinajstić information content (AvgIpc) is 2.97. The van der Waals surface area contributed by atoms with Gasteiger partial charge in [0.1, 0.15) is 35.1 Å². The Morgan fingerprint density at radius 1 is 0.833 bits per heavy atom. The molecule has 3 unspecified atom stereocenters. The van der Waals surface area contributed by atoms with E-state index in [2.05, 4.69) is 10.6 Å². The number of phenolic OH excluding ortho intramolecular Hbond substituents is 1. The van der Waals surface area contributed by atoms with E-state index in [0.717, 1.165) is 18.4 Å². The average molecular weight is 669 g/mol. The number of rotatable bonds is 16.